The fourth-order valence-corrected chi connectivity index (χ4v) is 3.14. The van der Waals surface area contributed by atoms with Gasteiger partial charge in [-0.2, -0.15) is 0 Å². The molecule has 3 nitrogen and oxygen atoms in total. The van der Waals surface area contributed by atoms with E-state index < -0.39 is 0 Å². The van der Waals surface area contributed by atoms with Gasteiger partial charge in [0, 0.05) is 6.04 Å². The number of rotatable bonds is 4. The largest absolute Gasteiger partial charge is 0.496 e. The molecule has 2 rings (SSSR count). The smallest absolute Gasteiger partial charge is 0.122 e. The van der Waals surface area contributed by atoms with Gasteiger partial charge in [0.15, 0.2) is 0 Å². The van der Waals surface area contributed by atoms with Crippen LogP contribution in [0.25, 0.3) is 0 Å². The van der Waals surface area contributed by atoms with Crippen molar-refractivity contribution in [1.29, 1.82) is 0 Å². The molecule has 1 aliphatic carbocycles. The minimum absolute atomic E-state index is 0.275. The van der Waals surface area contributed by atoms with Crippen molar-refractivity contribution in [3.8, 4) is 5.75 Å². The second-order valence-electron chi connectivity index (χ2n) is 5.37. The van der Waals surface area contributed by atoms with E-state index in [9.17, 15) is 0 Å². The summed E-state index contributed by atoms with van der Waals surface area (Å²) in [6, 6.07) is 4.61. The van der Waals surface area contributed by atoms with Crippen molar-refractivity contribution >= 4 is 0 Å². The quantitative estimate of drug-likeness (QED) is 0.636. The lowest BCUT2D eigenvalue weighted by atomic mass is 9.88. The number of ether oxygens (including phenoxy) is 1. The van der Waals surface area contributed by atoms with Crippen molar-refractivity contribution in [2.75, 3.05) is 7.11 Å². The van der Waals surface area contributed by atoms with Crippen molar-refractivity contribution in [2.24, 2.45) is 11.8 Å². The summed E-state index contributed by atoms with van der Waals surface area (Å²) in [6.45, 7) is 4.22. The van der Waals surface area contributed by atoms with Crippen LogP contribution in [0, 0.1) is 19.8 Å². The van der Waals surface area contributed by atoms with Crippen LogP contribution in [0.15, 0.2) is 12.1 Å². The Balaban J connectivity index is 2.32. The van der Waals surface area contributed by atoms with Crippen molar-refractivity contribution in [3.05, 3.63) is 28.8 Å². The Morgan fingerprint density at radius 2 is 1.89 bits per heavy atom. The van der Waals surface area contributed by atoms with Crippen LogP contribution in [0.1, 0.15) is 48.4 Å². The molecule has 3 heteroatoms. The molecule has 100 valence electrons. The van der Waals surface area contributed by atoms with Crippen LogP contribution in [0.5, 0.6) is 5.75 Å². The Morgan fingerprint density at radius 3 is 2.44 bits per heavy atom. The summed E-state index contributed by atoms with van der Waals surface area (Å²) in [7, 11) is 1.72. The third-order valence-corrected chi connectivity index (χ3v) is 4.17. The molecule has 0 amide bonds. The minimum Gasteiger partial charge on any atom is -0.496 e. The molecular formula is C15H24N2O. The average Bonchev–Trinajstić information content (AvgIpc) is 2.87. The van der Waals surface area contributed by atoms with Gasteiger partial charge in [0.25, 0.3) is 0 Å². The van der Waals surface area contributed by atoms with Crippen molar-refractivity contribution in [2.45, 2.75) is 45.6 Å². The highest BCUT2D eigenvalue weighted by atomic mass is 16.5. The topological polar surface area (TPSA) is 47.3 Å². The first kappa shape index (κ1) is 13.4. The number of hydrazine groups is 1. The maximum atomic E-state index is 5.79. The number of benzene rings is 1. The Labute approximate surface area is 110 Å². The van der Waals surface area contributed by atoms with Crippen LogP contribution in [0.3, 0.4) is 0 Å². The Morgan fingerprint density at radius 1 is 1.22 bits per heavy atom. The second kappa shape index (κ2) is 5.72. The predicted octanol–water partition coefficient (Wildman–Crippen LogP) is 3.01. The van der Waals surface area contributed by atoms with Crippen LogP contribution >= 0.6 is 0 Å². The number of methoxy groups -OCH3 is 1. The van der Waals surface area contributed by atoms with Crippen molar-refractivity contribution in [3.63, 3.8) is 0 Å². The van der Waals surface area contributed by atoms with E-state index in [0.29, 0.717) is 5.92 Å². The number of hydrogen-bond acceptors (Lipinski definition) is 3. The average molecular weight is 248 g/mol. The molecule has 0 heterocycles. The van der Waals surface area contributed by atoms with Crippen molar-refractivity contribution in [1.82, 2.24) is 5.43 Å². The number of nitrogens with one attached hydrogen (secondary N) is 1. The van der Waals surface area contributed by atoms with Crippen molar-refractivity contribution < 1.29 is 4.74 Å². The highest BCUT2D eigenvalue weighted by Crippen LogP contribution is 2.37. The molecule has 1 aromatic carbocycles. The van der Waals surface area contributed by atoms with Gasteiger partial charge >= 0.3 is 0 Å². The normalized spacial score (nSPS) is 18.0. The van der Waals surface area contributed by atoms with E-state index in [1.165, 1.54) is 42.4 Å². The molecule has 1 aromatic rings. The first-order chi connectivity index (χ1) is 8.67. The number of nitrogens with two attached hydrogens (primary N) is 1. The zero-order chi connectivity index (χ0) is 13.1. The van der Waals surface area contributed by atoms with E-state index in [4.69, 9.17) is 10.6 Å². The highest BCUT2D eigenvalue weighted by Gasteiger charge is 2.26. The monoisotopic (exact) mass is 248 g/mol. The SMILES string of the molecule is COc1cc(C)c(C(NN)C2CCCC2)cc1C. The molecule has 0 aromatic heterocycles. The van der Waals surface area contributed by atoms with E-state index in [0.717, 1.165) is 5.75 Å². The van der Waals surface area contributed by atoms with E-state index in [1.807, 2.05) is 0 Å². The number of aryl methyl sites for hydroxylation is 2. The Hall–Kier alpha value is -1.06. The molecule has 1 fully saturated rings. The minimum atomic E-state index is 0.275. The summed E-state index contributed by atoms with van der Waals surface area (Å²) in [6.07, 6.45) is 5.22. The molecule has 0 spiro atoms. The molecular weight excluding hydrogens is 224 g/mol. The highest BCUT2D eigenvalue weighted by molar-refractivity contribution is 5.43. The van der Waals surface area contributed by atoms with Gasteiger partial charge in [0.2, 0.25) is 0 Å². The van der Waals surface area contributed by atoms with Gasteiger partial charge in [-0.3, -0.25) is 11.3 Å². The van der Waals surface area contributed by atoms with Crippen LogP contribution in [0.4, 0.5) is 0 Å². The summed E-state index contributed by atoms with van der Waals surface area (Å²) >= 11 is 0. The maximum absolute atomic E-state index is 5.79. The second-order valence-corrected chi connectivity index (χ2v) is 5.37. The van der Waals surface area contributed by atoms with Gasteiger partial charge in [0.1, 0.15) is 5.75 Å². The van der Waals surface area contributed by atoms with E-state index in [2.05, 4.69) is 31.4 Å². The zero-order valence-electron chi connectivity index (χ0n) is 11.6. The van der Waals surface area contributed by atoms with Gasteiger partial charge < -0.3 is 4.74 Å². The van der Waals surface area contributed by atoms with Gasteiger partial charge in [-0.15, -0.1) is 0 Å². The molecule has 3 N–H and O–H groups in total. The molecule has 1 atom stereocenters. The van der Waals surface area contributed by atoms with Gasteiger partial charge in [-0.1, -0.05) is 18.9 Å². The summed E-state index contributed by atoms with van der Waals surface area (Å²) in [5, 5.41) is 0. The van der Waals surface area contributed by atoms with E-state index in [1.54, 1.807) is 7.11 Å². The first-order valence-corrected chi connectivity index (χ1v) is 6.78. The maximum Gasteiger partial charge on any atom is 0.122 e. The predicted molar refractivity (Wildman–Crippen MR) is 74.5 cm³/mol. The summed E-state index contributed by atoms with van der Waals surface area (Å²) in [4.78, 5) is 0. The molecule has 0 aliphatic heterocycles. The third-order valence-electron chi connectivity index (χ3n) is 4.17. The van der Waals surface area contributed by atoms with Crippen LogP contribution < -0.4 is 16.0 Å². The molecule has 1 aliphatic rings. The lowest BCUT2D eigenvalue weighted by Gasteiger charge is -2.25. The van der Waals surface area contributed by atoms with Crippen LogP contribution in [-0.4, -0.2) is 7.11 Å². The summed E-state index contributed by atoms with van der Waals surface area (Å²) < 4.78 is 5.37. The fourth-order valence-electron chi connectivity index (χ4n) is 3.14. The van der Waals surface area contributed by atoms with Gasteiger partial charge in [-0.25, -0.2) is 0 Å². The molecule has 0 bridgehead atoms. The standard InChI is InChI=1S/C15H24N2O/c1-10-9-14(18-3)11(2)8-13(10)15(17-16)12-6-4-5-7-12/h8-9,12,15,17H,4-7,16H2,1-3H3. The lowest BCUT2D eigenvalue weighted by molar-refractivity contribution is 0.370. The lowest BCUT2D eigenvalue weighted by Crippen LogP contribution is -2.33. The first-order valence-electron chi connectivity index (χ1n) is 6.78. The molecule has 1 saturated carbocycles. The molecule has 18 heavy (non-hydrogen) atoms. The molecule has 0 radical (unpaired) electrons. The Kier molecular flexibility index (Phi) is 4.25. The van der Waals surface area contributed by atoms with E-state index in [-0.39, 0.29) is 6.04 Å². The van der Waals surface area contributed by atoms with Crippen LogP contribution in [-0.2, 0) is 0 Å². The van der Waals surface area contributed by atoms with Gasteiger partial charge in [0.05, 0.1) is 7.11 Å². The van der Waals surface area contributed by atoms with E-state index >= 15 is 0 Å². The van der Waals surface area contributed by atoms with Crippen LogP contribution in [0.2, 0.25) is 0 Å². The zero-order valence-corrected chi connectivity index (χ0v) is 11.6. The fraction of sp³-hybridized carbons (Fsp3) is 0.600. The third kappa shape index (κ3) is 2.52. The Bertz CT molecular complexity index is 411. The molecule has 1 unspecified atom stereocenters. The summed E-state index contributed by atoms with van der Waals surface area (Å²) in [5.41, 5.74) is 6.78. The molecule has 0 saturated heterocycles. The summed E-state index contributed by atoms with van der Waals surface area (Å²) in [5.74, 6) is 7.42. The van der Waals surface area contributed by atoms with Gasteiger partial charge in [-0.05, 0) is 55.4 Å². The number of hydrogen-bond donors (Lipinski definition) is 2.